The number of fused-ring (bicyclic) bond motifs is 1. The van der Waals surface area contributed by atoms with Gasteiger partial charge in [-0.05, 0) is 54.6 Å². The summed E-state index contributed by atoms with van der Waals surface area (Å²) in [6, 6.07) is 15.2. The van der Waals surface area contributed by atoms with E-state index in [1.807, 2.05) is 6.07 Å². The number of thiazole rings is 1. The smallest absolute Gasteiger partial charge is 0.335 e. The lowest BCUT2D eigenvalue weighted by Gasteiger charge is -2.12. The van der Waals surface area contributed by atoms with E-state index in [1.165, 1.54) is 11.3 Å². The van der Waals surface area contributed by atoms with Crippen molar-refractivity contribution in [2.24, 2.45) is 0 Å². The molecule has 0 spiro atoms. The standard InChI is InChI=1S/C27H20N8O4S2/c1-3-21(36)38-18-9-5-15(6-10-18)29-24-33-25(30-16-7-11-19(12-8-16)39-22(37)4-2)35-26(34-24)31-17-13-20-23(28-14-17)32-27(40)41-20/h3-14H,1-2H2,(H,28,32,40)(H3,29,30,31,33,34,35). The van der Waals surface area contributed by atoms with Gasteiger partial charge in [-0.15, -0.1) is 24.0 Å². The van der Waals surface area contributed by atoms with Gasteiger partial charge in [-0.3, -0.25) is 0 Å². The number of nitrogens with zero attached hydrogens (tertiary/aromatic N) is 5. The molecule has 0 radical (unpaired) electrons. The molecule has 0 aliphatic carbocycles. The number of ether oxygens (including phenoxy) is 2. The van der Waals surface area contributed by atoms with Crippen LogP contribution in [0.25, 0.3) is 10.3 Å². The van der Waals surface area contributed by atoms with Crippen molar-refractivity contribution >= 4 is 81.2 Å². The van der Waals surface area contributed by atoms with Crippen LogP contribution in [0.2, 0.25) is 0 Å². The van der Waals surface area contributed by atoms with E-state index in [9.17, 15) is 9.59 Å². The van der Waals surface area contributed by atoms with E-state index in [0.29, 0.717) is 38.5 Å². The highest BCUT2D eigenvalue weighted by Gasteiger charge is 2.11. The zero-order valence-corrected chi connectivity index (χ0v) is 22.8. The molecule has 14 heteroatoms. The largest absolute Gasteiger partial charge is 0.423 e. The van der Waals surface area contributed by atoms with Crippen LogP contribution in [0.3, 0.4) is 0 Å². The molecule has 0 aliphatic rings. The van der Waals surface area contributed by atoms with Crippen molar-refractivity contribution in [2.75, 3.05) is 16.0 Å². The molecule has 3 N–H and O–H groups in total. The lowest BCUT2D eigenvalue weighted by molar-refractivity contribution is -0.129. The summed E-state index contributed by atoms with van der Waals surface area (Å²) >= 11 is 5.69. The molecule has 3 heterocycles. The number of nitrogens with one attached hydrogen (secondary N) is 3. The first kappa shape index (κ1) is 27.2. The molecule has 0 unspecified atom stereocenters. The molecule has 0 atom stereocenters. The van der Waals surface area contributed by atoms with Gasteiger partial charge in [0.2, 0.25) is 17.8 Å². The van der Waals surface area contributed by atoms with Crippen molar-refractivity contribution in [1.29, 1.82) is 0 Å². The highest BCUT2D eigenvalue weighted by Crippen LogP contribution is 2.27. The number of aromatic nitrogens is 5. The molecule has 5 aromatic rings. The van der Waals surface area contributed by atoms with Gasteiger partial charge < -0.3 is 25.4 Å². The summed E-state index contributed by atoms with van der Waals surface area (Å²) in [7, 11) is 0. The number of rotatable bonds is 10. The lowest BCUT2D eigenvalue weighted by atomic mass is 10.3. The van der Waals surface area contributed by atoms with Crippen molar-refractivity contribution in [1.82, 2.24) is 24.9 Å². The topological polar surface area (TPSA) is 153 Å². The molecule has 12 nitrogen and oxygen atoms in total. The molecule has 0 fully saturated rings. The van der Waals surface area contributed by atoms with Crippen molar-refractivity contribution in [3.63, 3.8) is 0 Å². The zero-order chi connectivity index (χ0) is 28.8. The van der Waals surface area contributed by atoms with E-state index in [-0.39, 0.29) is 17.8 Å². The normalized spacial score (nSPS) is 10.5. The SMILES string of the molecule is C=CC(=O)Oc1ccc(Nc2nc(Nc3ccc(OC(=O)C=C)cc3)nc(Nc3cnc4nc(S)sc4c3)n2)cc1. The van der Waals surface area contributed by atoms with Crippen molar-refractivity contribution in [2.45, 2.75) is 4.34 Å². The van der Waals surface area contributed by atoms with Gasteiger partial charge in [-0.2, -0.15) is 15.0 Å². The molecule has 5 rings (SSSR count). The molecular weight excluding hydrogens is 564 g/mol. The summed E-state index contributed by atoms with van der Waals surface area (Å²) in [5.74, 6) is 0.284. The molecule has 2 aromatic carbocycles. The number of thiol groups is 1. The third kappa shape index (κ3) is 7.20. The lowest BCUT2D eigenvalue weighted by Crippen LogP contribution is -2.08. The molecule has 3 aromatic heterocycles. The summed E-state index contributed by atoms with van der Waals surface area (Å²) < 4.78 is 11.7. The Hall–Kier alpha value is -5.34. The van der Waals surface area contributed by atoms with Crippen LogP contribution in [0.5, 0.6) is 11.5 Å². The van der Waals surface area contributed by atoms with Crippen LogP contribution in [-0.4, -0.2) is 36.9 Å². The van der Waals surface area contributed by atoms with E-state index in [4.69, 9.17) is 9.47 Å². The number of pyridine rings is 1. The maximum Gasteiger partial charge on any atom is 0.335 e. The first-order valence-electron chi connectivity index (χ1n) is 11.8. The Morgan fingerprint density at radius 1 is 0.732 bits per heavy atom. The number of carbonyl (C=O) groups is 2. The van der Waals surface area contributed by atoms with Gasteiger partial charge in [-0.1, -0.05) is 13.2 Å². The Morgan fingerprint density at radius 3 is 1.66 bits per heavy atom. The van der Waals surface area contributed by atoms with Crippen LogP contribution in [0.1, 0.15) is 0 Å². The van der Waals surface area contributed by atoms with E-state index in [0.717, 1.165) is 16.9 Å². The van der Waals surface area contributed by atoms with Crippen LogP contribution in [0.4, 0.5) is 34.9 Å². The molecule has 0 saturated carbocycles. The Morgan fingerprint density at radius 2 is 1.20 bits per heavy atom. The van der Waals surface area contributed by atoms with Crippen LogP contribution in [0.15, 0.2) is 90.4 Å². The number of esters is 2. The van der Waals surface area contributed by atoms with Gasteiger partial charge in [0.15, 0.2) is 5.65 Å². The predicted molar refractivity (Wildman–Crippen MR) is 159 cm³/mol. The Kier molecular flexibility index (Phi) is 8.13. The number of hydrogen-bond donors (Lipinski definition) is 4. The first-order chi connectivity index (χ1) is 19.9. The number of hydrogen-bond acceptors (Lipinski definition) is 14. The summed E-state index contributed by atoms with van der Waals surface area (Å²) in [4.78, 5) is 45.0. The Balaban J connectivity index is 1.40. The van der Waals surface area contributed by atoms with Gasteiger partial charge in [0.1, 0.15) is 15.8 Å². The maximum absolute atomic E-state index is 11.5. The van der Waals surface area contributed by atoms with Gasteiger partial charge in [-0.25, -0.2) is 19.6 Å². The monoisotopic (exact) mass is 584 g/mol. The molecule has 0 amide bonds. The summed E-state index contributed by atoms with van der Waals surface area (Å²) in [6.07, 6.45) is 3.79. The van der Waals surface area contributed by atoms with E-state index in [2.05, 4.69) is 66.7 Å². The first-order valence-corrected chi connectivity index (χ1v) is 13.0. The van der Waals surface area contributed by atoms with Crippen molar-refractivity contribution in [3.8, 4) is 11.5 Å². The fourth-order valence-corrected chi connectivity index (χ4v) is 4.43. The fraction of sp³-hybridized carbons (Fsp3) is 0. The second-order valence-corrected chi connectivity index (χ2v) is 9.78. The van der Waals surface area contributed by atoms with Gasteiger partial charge in [0.25, 0.3) is 0 Å². The summed E-state index contributed by atoms with van der Waals surface area (Å²) in [6.45, 7) is 6.77. The van der Waals surface area contributed by atoms with Gasteiger partial charge in [0.05, 0.1) is 16.6 Å². The minimum Gasteiger partial charge on any atom is -0.423 e. The van der Waals surface area contributed by atoms with E-state index < -0.39 is 11.9 Å². The highest BCUT2D eigenvalue weighted by molar-refractivity contribution is 7.82. The van der Waals surface area contributed by atoms with E-state index >= 15 is 0 Å². The van der Waals surface area contributed by atoms with Crippen LogP contribution in [0, 0.1) is 0 Å². The number of benzene rings is 2. The molecule has 41 heavy (non-hydrogen) atoms. The van der Waals surface area contributed by atoms with E-state index in [1.54, 1.807) is 54.7 Å². The van der Waals surface area contributed by atoms with Crippen LogP contribution < -0.4 is 25.4 Å². The van der Waals surface area contributed by atoms with Crippen LogP contribution in [-0.2, 0) is 9.59 Å². The molecule has 0 aliphatic heterocycles. The fourth-order valence-electron chi connectivity index (χ4n) is 3.34. The molecule has 0 saturated heterocycles. The number of anilines is 6. The zero-order valence-electron chi connectivity index (χ0n) is 21.1. The number of carbonyl (C=O) groups excluding carboxylic acids is 2. The average molecular weight is 585 g/mol. The molecule has 0 bridgehead atoms. The Labute approximate surface area is 242 Å². The predicted octanol–water partition coefficient (Wildman–Crippen LogP) is 5.58. The third-order valence-corrected chi connectivity index (χ3v) is 6.29. The second kappa shape index (κ2) is 12.2. The molecular formula is C27H20N8O4S2. The third-order valence-electron chi connectivity index (χ3n) is 5.12. The van der Waals surface area contributed by atoms with Gasteiger partial charge >= 0.3 is 11.9 Å². The molecule has 204 valence electrons. The summed E-state index contributed by atoms with van der Waals surface area (Å²) in [5, 5.41) is 9.38. The second-order valence-electron chi connectivity index (χ2n) is 8.02. The quantitative estimate of drug-likeness (QED) is 0.0701. The minimum atomic E-state index is -0.557. The van der Waals surface area contributed by atoms with Crippen molar-refractivity contribution < 1.29 is 19.1 Å². The summed E-state index contributed by atoms with van der Waals surface area (Å²) in [5.41, 5.74) is 2.50. The van der Waals surface area contributed by atoms with Gasteiger partial charge in [0, 0.05) is 23.5 Å². The Bertz CT molecular complexity index is 1670. The average Bonchev–Trinajstić information content (AvgIpc) is 3.34. The van der Waals surface area contributed by atoms with Crippen LogP contribution >= 0.6 is 24.0 Å². The maximum atomic E-state index is 11.5. The van der Waals surface area contributed by atoms with Crippen molar-refractivity contribution in [3.05, 3.63) is 86.1 Å². The minimum absolute atomic E-state index is 0.224. The highest BCUT2D eigenvalue weighted by atomic mass is 32.2.